The fraction of sp³-hybridized carbons (Fsp3) is 0.438. The number of carbonyl (C=O) groups is 1. The van der Waals surface area contributed by atoms with Crippen LogP contribution in [0, 0.1) is 5.41 Å². The highest BCUT2D eigenvalue weighted by atomic mass is 79.9. The van der Waals surface area contributed by atoms with E-state index in [0.717, 1.165) is 29.7 Å². The summed E-state index contributed by atoms with van der Waals surface area (Å²) in [5.41, 5.74) is 2.79. The van der Waals surface area contributed by atoms with Gasteiger partial charge in [-0.3, -0.25) is 0 Å². The number of carboxylic acids is 1. The van der Waals surface area contributed by atoms with Gasteiger partial charge in [0.25, 0.3) is 0 Å². The molecule has 0 saturated heterocycles. The van der Waals surface area contributed by atoms with Crippen LogP contribution in [0.3, 0.4) is 0 Å². The number of rotatable bonds is 2. The molecular formula is C16H20BrNO2. The van der Waals surface area contributed by atoms with Crippen molar-refractivity contribution in [2.45, 2.75) is 27.2 Å². The van der Waals surface area contributed by atoms with Crippen molar-refractivity contribution in [1.29, 1.82) is 0 Å². The Morgan fingerprint density at radius 1 is 1.35 bits per heavy atom. The molecule has 0 aromatic heterocycles. The lowest BCUT2D eigenvalue weighted by Gasteiger charge is -2.34. The first kappa shape index (κ1) is 15.1. The molecule has 0 amide bonds. The number of anilines is 1. The summed E-state index contributed by atoms with van der Waals surface area (Å²) in [7, 11) is 0. The van der Waals surface area contributed by atoms with E-state index in [1.54, 1.807) is 12.1 Å². The van der Waals surface area contributed by atoms with Crippen LogP contribution in [-0.2, 0) is 0 Å². The molecule has 1 N–H and O–H groups in total. The Kier molecular flexibility index (Phi) is 4.23. The summed E-state index contributed by atoms with van der Waals surface area (Å²) >= 11 is 3.42. The topological polar surface area (TPSA) is 40.5 Å². The lowest BCUT2D eigenvalue weighted by molar-refractivity contribution is 0.0697. The highest BCUT2D eigenvalue weighted by Gasteiger charge is 2.23. The van der Waals surface area contributed by atoms with Crippen molar-refractivity contribution in [3.63, 3.8) is 0 Å². The zero-order valence-electron chi connectivity index (χ0n) is 12.1. The Morgan fingerprint density at radius 2 is 2.05 bits per heavy atom. The molecule has 0 aliphatic carbocycles. The highest BCUT2D eigenvalue weighted by molar-refractivity contribution is 9.10. The summed E-state index contributed by atoms with van der Waals surface area (Å²) in [6.45, 7) is 8.28. The van der Waals surface area contributed by atoms with Crippen molar-refractivity contribution in [2.24, 2.45) is 5.41 Å². The number of hydrogen-bond acceptors (Lipinski definition) is 2. The molecule has 0 fully saturated rings. The monoisotopic (exact) mass is 337 g/mol. The van der Waals surface area contributed by atoms with E-state index in [2.05, 4.69) is 47.7 Å². The van der Waals surface area contributed by atoms with E-state index in [1.807, 2.05) is 6.07 Å². The molecule has 108 valence electrons. The molecule has 1 heterocycles. The number of hydrogen-bond donors (Lipinski definition) is 1. The summed E-state index contributed by atoms with van der Waals surface area (Å²) in [5.74, 6) is -0.877. The smallest absolute Gasteiger partial charge is 0.337 e. The van der Waals surface area contributed by atoms with Gasteiger partial charge in [-0.2, -0.15) is 0 Å². The van der Waals surface area contributed by atoms with Crippen molar-refractivity contribution in [2.75, 3.05) is 18.0 Å². The third kappa shape index (κ3) is 3.23. The van der Waals surface area contributed by atoms with Crippen LogP contribution in [0.25, 0.3) is 0 Å². The van der Waals surface area contributed by atoms with Crippen LogP contribution in [0.1, 0.15) is 37.6 Å². The molecule has 0 radical (unpaired) electrons. The maximum Gasteiger partial charge on any atom is 0.337 e. The first-order valence-corrected chi connectivity index (χ1v) is 7.55. The molecule has 0 saturated carbocycles. The van der Waals surface area contributed by atoms with Crippen LogP contribution < -0.4 is 4.90 Å². The van der Waals surface area contributed by atoms with E-state index in [-0.39, 0.29) is 5.41 Å². The van der Waals surface area contributed by atoms with E-state index < -0.39 is 5.97 Å². The molecule has 0 spiro atoms. The largest absolute Gasteiger partial charge is 0.478 e. The molecule has 3 nitrogen and oxygen atoms in total. The zero-order valence-corrected chi connectivity index (χ0v) is 13.7. The van der Waals surface area contributed by atoms with Gasteiger partial charge in [0.15, 0.2) is 0 Å². The molecule has 0 bridgehead atoms. The fourth-order valence-corrected chi connectivity index (χ4v) is 2.87. The number of carboxylic acid groups (broad SMARTS) is 1. The zero-order chi connectivity index (χ0) is 14.9. The fourth-order valence-electron chi connectivity index (χ4n) is 2.52. The molecule has 2 rings (SSSR count). The second-order valence-electron chi connectivity index (χ2n) is 6.14. The molecule has 4 heteroatoms. The molecule has 20 heavy (non-hydrogen) atoms. The molecule has 1 aliphatic heterocycles. The minimum absolute atomic E-state index is 0.193. The number of benzene rings is 1. The van der Waals surface area contributed by atoms with Gasteiger partial charge in [-0.1, -0.05) is 48.4 Å². The predicted molar refractivity (Wildman–Crippen MR) is 85.5 cm³/mol. The number of aromatic carboxylic acids is 1. The van der Waals surface area contributed by atoms with E-state index in [1.165, 1.54) is 5.57 Å². The molecule has 1 aromatic rings. The van der Waals surface area contributed by atoms with Crippen LogP contribution in [0.15, 0.2) is 34.3 Å². The summed E-state index contributed by atoms with van der Waals surface area (Å²) in [6, 6.07) is 5.32. The third-order valence-corrected chi connectivity index (χ3v) is 4.20. The number of halogens is 1. The molecule has 0 unspecified atom stereocenters. The standard InChI is InChI=1S/C16H20BrNO2/c1-16(2,3)11-6-8-18(9-7-11)14-10-12(17)4-5-13(14)15(19)20/h4-6,10H,7-9H2,1-3H3,(H,19,20). The first-order valence-electron chi connectivity index (χ1n) is 6.76. The van der Waals surface area contributed by atoms with Gasteiger partial charge in [0.2, 0.25) is 0 Å². The van der Waals surface area contributed by atoms with Gasteiger partial charge in [-0.15, -0.1) is 0 Å². The van der Waals surface area contributed by atoms with Gasteiger partial charge in [-0.25, -0.2) is 4.79 Å². The van der Waals surface area contributed by atoms with E-state index >= 15 is 0 Å². The average molecular weight is 338 g/mol. The molecule has 1 aliphatic rings. The summed E-state index contributed by atoms with van der Waals surface area (Å²) in [5, 5.41) is 9.31. The van der Waals surface area contributed by atoms with Crippen LogP contribution >= 0.6 is 15.9 Å². The molecular weight excluding hydrogens is 318 g/mol. The number of nitrogens with zero attached hydrogens (tertiary/aromatic N) is 1. The van der Waals surface area contributed by atoms with Gasteiger partial charge in [-0.05, 0) is 30.0 Å². The highest BCUT2D eigenvalue weighted by Crippen LogP contribution is 2.33. The lowest BCUT2D eigenvalue weighted by atomic mass is 9.83. The Balaban J connectivity index is 2.29. The Morgan fingerprint density at radius 3 is 2.55 bits per heavy atom. The van der Waals surface area contributed by atoms with Gasteiger partial charge in [0.1, 0.15) is 0 Å². The quantitative estimate of drug-likeness (QED) is 0.816. The lowest BCUT2D eigenvalue weighted by Crippen LogP contribution is -2.32. The van der Waals surface area contributed by atoms with Crippen LogP contribution in [-0.4, -0.2) is 24.2 Å². The van der Waals surface area contributed by atoms with Gasteiger partial charge in [0, 0.05) is 17.6 Å². The first-order chi connectivity index (χ1) is 9.29. The SMILES string of the molecule is CC(C)(C)C1=CCN(c2cc(Br)ccc2C(=O)O)CC1. The molecule has 1 aromatic carbocycles. The Hall–Kier alpha value is -1.29. The maximum absolute atomic E-state index is 11.3. The van der Waals surface area contributed by atoms with E-state index in [0.29, 0.717) is 5.56 Å². The summed E-state index contributed by atoms with van der Waals surface area (Å²) < 4.78 is 0.906. The average Bonchev–Trinajstić information content (AvgIpc) is 2.37. The maximum atomic E-state index is 11.3. The summed E-state index contributed by atoms with van der Waals surface area (Å²) in [4.78, 5) is 13.5. The van der Waals surface area contributed by atoms with Gasteiger partial charge in [0.05, 0.1) is 11.3 Å². The van der Waals surface area contributed by atoms with Crippen molar-refractivity contribution in [1.82, 2.24) is 0 Å². The van der Waals surface area contributed by atoms with E-state index in [4.69, 9.17) is 0 Å². The van der Waals surface area contributed by atoms with Crippen molar-refractivity contribution in [3.8, 4) is 0 Å². The predicted octanol–water partition coefficient (Wildman–Crippen LogP) is 4.33. The van der Waals surface area contributed by atoms with Gasteiger partial charge >= 0.3 is 5.97 Å². The Labute approximate surface area is 128 Å². The summed E-state index contributed by atoms with van der Waals surface area (Å²) in [6.07, 6.45) is 3.21. The minimum Gasteiger partial charge on any atom is -0.478 e. The third-order valence-electron chi connectivity index (χ3n) is 3.70. The normalized spacial score (nSPS) is 16.0. The van der Waals surface area contributed by atoms with Crippen LogP contribution in [0.4, 0.5) is 5.69 Å². The van der Waals surface area contributed by atoms with Gasteiger partial charge < -0.3 is 10.0 Å². The second kappa shape index (κ2) is 5.60. The van der Waals surface area contributed by atoms with Crippen molar-refractivity contribution in [3.05, 3.63) is 39.9 Å². The van der Waals surface area contributed by atoms with Crippen LogP contribution in [0.5, 0.6) is 0 Å². The van der Waals surface area contributed by atoms with Crippen molar-refractivity contribution >= 4 is 27.6 Å². The Bertz CT molecular complexity index is 558. The van der Waals surface area contributed by atoms with Crippen molar-refractivity contribution < 1.29 is 9.90 Å². The second-order valence-corrected chi connectivity index (χ2v) is 7.06. The molecule has 0 atom stereocenters. The minimum atomic E-state index is -0.877. The van der Waals surface area contributed by atoms with Crippen LogP contribution in [0.2, 0.25) is 0 Å². The van der Waals surface area contributed by atoms with E-state index in [9.17, 15) is 9.90 Å².